The monoisotopic (exact) mass is 486 g/mol. The van der Waals surface area contributed by atoms with Gasteiger partial charge in [-0.1, -0.05) is 61.9 Å². The van der Waals surface area contributed by atoms with Gasteiger partial charge in [0.2, 0.25) is 15.9 Å². The van der Waals surface area contributed by atoms with Crippen molar-refractivity contribution in [3.8, 4) is 0 Å². The summed E-state index contributed by atoms with van der Waals surface area (Å²) in [4.78, 5) is 15.9. The maximum atomic E-state index is 14.7. The van der Waals surface area contributed by atoms with Gasteiger partial charge in [0, 0.05) is 25.6 Å². The Kier molecular flexibility index (Phi) is 7.15. The Balaban J connectivity index is 1.64. The molecule has 2 fully saturated rings. The summed E-state index contributed by atoms with van der Waals surface area (Å²) in [5, 5.41) is 0. The van der Waals surface area contributed by atoms with E-state index in [1.807, 2.05) is 42.2 Å². The Morgan fingerprint density at radius 1 is 1.06 bits per heavy atom. The highest BCUT2D eigenvalue weighted by Gasteiger charge is 2.47. The van der Waals surface area contributed by atoms with Gasteiger partial charge in [-0.05, 0) is 55.7 Å². The zero-order chi connectivity index (χ0) is 24.5. The average molecular weight is 487 g/mol. The molecule has 2 aromatic carbocycles. The molecular weight excluding hydrogens is 451 g/mol. The van der Waals surface area contributed by atoms with E-state index < -0.39 is 22.2 Å². The molecule has 0 bridgehead atoms. The van der Waals surface area contributed by atoms with Crippen LogP contribution in [0.4, 0.5) is 4.39 Å². The largest absolute Gasteiger partial charge is 0.334 e. The van der Waals surface area contributed by atoms with Crippen molar-refractivity contribution in [3.63, 3.8) is 0 Å². The molecule has 0 N–H and O–H groups in total. The number of alkyl halides is 1. The fourth-order valence-corrected chi connectivity index (χ4v) is 6.77. The van der Waals surface area contributed by atoms with Gasteiger partial charge in [0.25, 0.3) is 0 Å². The lowest BCUT2D eigenvalue weighted by molar-refractivity contribution is -0.139. The second-order valence-electron chi connectivity index (χ2n) is 10.6. The van der Waals surface area contributed by atoms with Crippen molar-refractivity contribution in [1.82, 2.24) is 9.21 Å². The molecule has 1 saturated carbocycles. The summed E-state index contributed by atoms with van der Waals surface area (Å²) in [6.45, 7) is 6.48. The summed E-state index contributed by atoms with van der Waals surface area (Å²) in [7, 11) is -3.99. The van der Waals surface area contributed by atoms with Gasteiger partial charge in [-0.2, -0.15) is 4.31 Å². The molecule has 7 heteroatoms. The van der Waals surface area contributed by atoms with E-state index in [2.05, 4.69) is 13.8 Å². The van der Waals surface area contributed by atoms with Crippen LogP contribution in [-0.2, 0) is 21.4 Å². The van der Waals surface area contributed by atoms with Crippen molar-refractivity contribution >= 4 is 15.9 Å². The quantitative estimate of drug-likeness (QED) is 0.571. The molecule has 4 rings (SSSR count). The van der Waals surface area contributed by atoms with Gasteiger partial charge in [0.05, 0.1) is 4.90 Å². The van der Waals surface area contributed by atoms with Gasteiger partial charge in [0.1, 0.15) is 12.2 Å². The molecule has 2 aromatic rings. The third-order valence-corrected chi connectivity index (χ3v) is 9.23. The standard InChI is InChI=1S/C27H35FN2O3S/c1-20-9-11-24(12-10-20)34(32,33)30-19-22(28)17-25(30)26(31)29(18-21-7-5-4-6-8-21)23-13-15-27(2,3)16-14-23/h4-12,22-23,25H,13-19H2,1-3H3. The molecule has 184 valence electrons. The van der Waals surface area contributed by atoms with E-state index in [1.165, 1.54) is 12.1 Å². The summed E-state index contributed by atoms with van der Waals surface area (Å²) in [6, 6.07) is 15.2. The number of carbonyl (C=O) groups excluding carboxylic acids is 1. The number of hydrogen-bond donors (Lipinski definition) is 0. The van der Waals surface area contributed by atoms with Crippen LogP contribution in [0.2, 0.25) is 0 Å². The van der Waals surface area contributed by atoms with Gasteiger partial charge in [0.15, 0.2) is 0 Å². The summed E-state index contributed by atoms with van der Waals surface area (Å²) in [5.74, 6) is -0.288. The van der Waals surface area contributed by atoms with E-state index in [1.54, 1.807) is 12.1 Å². The maximum Gasteiger partial charge on any atom is 0.243 e. The molecular formula is C27H35FN2O3S. The number of sulfonamides is 1. The average Bonchev–Trinajstić information content (AvgIpc) is 3.21. The van der Waals surface area contributed by atoms with Gasteiger partial charge in [-0.25, -0.2) is 12.8 Å². The first-order valence-corrected chi connectivity index (χ1v) is 13.6. The SMILES string of the molecule is Cc1ccc(S(=O)(=O)N2CC(F)CC2C(=O)N(Cc2ccccc2)C2CCC(C)(C)CC2)cc1. The van der Waals surface area contributed by atoms with Crippen molar-refractivity contribution in [1.29, 1.82) is 0 Å². The van der Waals surface area contributed by atoms with Crippen LogP contribution in [0.1, 0.15) is 57.1 Å². The van der Waals surface area contributed by atoms with Gasteiger partial charge < -0.3 is 4.90 Å². The van der Waals surface area contributed by atoms with Crippen LogP contribution in [-0.4, -0.2) is 48.3 Å². The number of hydrogen-bond acceptors (Lipinski definition) is 3. The minimum Gasteiger partial charge on any atom is -0.334 e. The predicted molar refractivity (Wildman–Crippen MR) is 131 cm³/mol. The molecule has 34 heavy (non-hydrogen) atoms. The van der Waals surface area contributed by atoms with Crippen LogP contribution in [0.15, 0.2) is 59.5 Å². The summed E-state index contributed by atoms with van der Waals surface area (Å²) in [5.41, 5.74) is 2.16. The van der Waals surface area contributed by atoms with E-state index >= 15 is 0 Å². The molecule has 1 saturated heterocycles. The van der Waals surface area contributed by atoms with Gasteiger partial charge in [-0.15, -0.1) is 0 Å². The van der Waals surface area contributed by atoms with Gasteiger partial charge in [-0.3, -0.25) is 4.79 Å². The lowest BCUT2D eigenvalue weighted by atomic mass is 9.75. The lowest BCUT2D eigenvalue weighted by Crippen LogP contribution is -2.51. The Labute approximate surface area is 203 Å². The molecule has 2 atom stereocenters. The zero-order valence-electron chi connectivity index (χ0n) is 20.3. The summed E-state index contributed by atoms with van der Waals surface area (Å²) >= 11 is 0. The Bertz CT molecular complexity index is 1090. The molecule has 1 heterocycles. The van der Waals surface area contributed by atoms with Crippen LogP contribution >= 0.6 is 0 Å². The first-order chi connectivity index (χ1) is 16.1. The van der Waals surface area contributed by atoms with Crippen molar-refractivity contribution in [2.45, 2.75) is 82.6 Å². The summed E-state index contributed by atoms with van der Waals surface area (Å²) in [6.07, 6.45) is 2.26. The van der Waals surface area contributed by atoms with Crippen LogP contribution in [0, 0.1) is 12.3 Å². The first-order valence-electron chi connectivity index (χ1n) is 12.1. The molecule has 2 unspecified atom stereocenters. The molecule has 1 aliphatic carbocycles. The Hall–Kier alpha value is -2.25. The van der Waals surface area contributed by atoms with E-state index in [0.717, 1.165) is 41.1 Å². The molecule has 2 aliphatic rings. The first kappa shape index (κ1) is 24.9. The number of nitrogens with zero attached hydrogens (tertiary/aromatic N) is 2. The van der Waals surface area contributed by atoms with Crippen molar-refractivity contribution in [2.24, 2.45) is 5.41 Å². The van der Waals surface area contributed by atoms with Gasteiger partial charge >= 0.3 is 0 Å². The Morgan fingerprint density at radius 3 is 2.29 bits per heavy atom. The molecule has 0 radical (unpaired) electrons. The highest BCUT2D eigenvalue weighted by Crippen LogP contribution is 2.38. The molecule has 5 nitrogen and oxygen atoms in total. The molecule has 0 aromatic heterocycles. The van der Waals surface area contributed by atoms with Crippen LogP contribution in [0.5, 0.6) is 0 Å². The number of aryl methyl sites for hydroxylation is 1. The van der Waals surface area contributed by atoms with E-state index in [0.29, 0.717) is 6.54 Å². The van der Waals surface area contributed by atoms with E-state index in [4.69, 9.17) is 0 Å². The fourth-order valence-electron chi connectivity index (χ4n) is 5.15. The fraction of sp³-hybridized carbons (Fsp3) is 0.519. The predicted octanol–water partition coefficient (Wildman–Crippen LogP) is 5.09. The number of carbonyl (C=O) groups is 1. The highest BCUT2D eigenvalue weighted by molar-refractivity contribution is 7.89. The van der Waals surface area contributed by atoms with E-state index in [9.17, 15) is 17.6 Å². The van der Waals surface area contributed by atoms with Crippen LogP contribution < -0.4 is 0 Å². The molecule has 1 amide bonds. The second-order valence-corrected chi connectivity index (χ2v) is 12.5. The molecule has 0 spiro atoms. The number of halogens is 1. The zero-order valence-corrected chi connectivity index (χ0v) is 21.1. The minimum absolute atomic E-state index is 0.0170. The third kappa shape index (κ3) is 5.36. The smallest absolute Gasteiger partial charge is 0.243 e. The van der Waals surface area contributed by atoms with Crippen LogP contribution in [0.25, 0.3) is 0 Å². The van der Waals surface area contributed by atoms with Crippen molar-refractivity contribution in [2.75, 3.05) is 6.54 Å². The minimum atomic E-state index is -3.99. The number of rotatable bonds is 6. The van der Waals surface area contributed by atoms with Crippen LogP contribution in [0.3, 0.4) is 0 Å². The van der Waals surface area contributed by atoms with Crippen molar-refractivity contribution < 1.29 is 17.6 Å². The molecule has 1 aliphatic heterocycles. The Morgan fingerprint density at radius 2 is 1.68 bits per heavy atom. The second kappa shape index (κ2) is 9.78. The lowest BCUT2D eigenvalue weighted by Gasteiger charge is -2.41. The summed E-state index contributed by atoms with van der Waals surface area (Å²) < 4.78 is 42.6. The van der Waals surface area contributed by atoms with E-state index in [-0.39, 0.29) is 35.2 Å². The third-order valence-electron chi connectivity index (χ3n) is 7.35. The number of benzene rings is 2. The highest BCUT2D eigenvalue weighted by atomic mass is 32.2. The normalized spacial score (nSPS) is 23.6. The van der Waals surface area contributed by atoms with Crippen molar-refractivity contribution in [3.05, 3.63) is 65.7 Å². The topological polar surface area (TPSA) is 57.7 Å². The maximum absolute atomic E-state index is 14.7. The number of amides is 1.